The van der Waals surface area contributed by atoms with Gasteiger partial charge in [0.25, 0.3) is 11.5 Å². The first-order chi connectivity index (χ1) is 17.0. The van der Waals surface area contributed by atoms with E-state index >= 15 is 0 Å². The molecule has 0 radical (unpaired) electrons. The van der Waals surface area contributed by atoms with Gasteiger partial charge in [0, 0.05) is 31.4 Å². The maximum Gasteiger partial charge on any atom is 0.280 e. The second-order valence-corrected chi connectivity index (χ2v) is 8.47. The number of nitrogens with zero attached hydrogens (tertiary/aromatic N) is 6. The third-order valence-electron chi connectivity index (χ3n) is 5.97. The maximum atomic E-state index is 13.1. The maximum absolute atomic E-state index is 13.1. The molecule has 1 amide bonds. The fourth-order valence-electron chi connectivity index (χ4n) is 4.11. The fraction of sp³-hybridized carbons (Fsp3) is 0.304. The Labute approximate surface area is 200 Å². The summed E-state index contributed by atoms with van der Waals surface area (Å²) in [4.78, 5) is 30.6. The molecule has 1 aliphatic rings. The Balaban J connectivity index is 1.47. The molecule has 0 aliphatic heterocycles. The lowest BCUT2D eigenvalue weighted by Gasteiger charge is -2.33. The Hall–Kier alpha value is -4.48. The third-order valence-corrected chi connectivity index (χ3v) is 5.97. The summed E-state index contributed by atoms with van der Waals surface area (Å²) in [5, 5.41) is 21.4. The Kier molecular flexibility index (Phi) is 5.77. The highest BCUT2D eigenvalue weighted by molar-refractivity contribution is 6.00. The second kappa shape index (κ2) is 9.05. The zero-order valence-corrected chi connectivity index (χ0v) is 19.5. The van der Waals surface area contributed by atoms with Gasteiger partial charge in [0.2, 0.25) is 5.88 Å². The molecule has 4 aromatic heterocycles. The minimum absolute atomic E-state index is 0.168. The molecule has 0 aromatic carbocycles. The van der Waals surface area contributed by atoms with E-state index in [2.05, 4.69) is 43.2 Å². The molecule has 0 saturated heterocycles. The number of fused-ring (bicyclic) bond motifs is 1. The molecule has 35 heavy (non-hydrogen) atoms. The summed E-state index contributed by atoms with van der Waals surface area (Å²) < 4.78 is 7.95. The summed E-state index contributed by atoms with van der Waals surface area (Å²) in [7, 11) is 3.24. The van der Waals surface area contributed by atoms with Crippen molar-refractivity contribution >= 4 is 28.9 Å². The molecule has 1 fully saturated rings. The molecule has 0 atom stereocenters. The molecule has 0 bridgehead atoms. The number of pyridine rings is 1. The lowest BCUT2D eigenvalue weighted by Crippen LogP contribution is -2.43. The summed E-state index contributed by atoms with van der Waals surface area (Å²) in [5.74, 6) is 2.08. The van der Waals surface area contributed by atoms with Crippen LogP contribution in [0.4, 0.5) is 17.3 Å². The van der Waals surface area contributed by atoms with E-state index < -0.39 is 0 Å². The van der Waals surface area contributed by atoms with Gasteiger partial charge in [-0.25, -0.2) is 4.98 Å². The monoisotopic (exact) mass is 475 g/mol. The zero-order valence-electron chi connectivity index (χ0n) is 19.5. The number of ether oxygens (including phenoxy) is 1. The van der Waals surface area contributed by atoms with Crippen LogP contribution < -0.4 is 26.2 Å². The summed E-state index contributed by atoms with van der Waals surface area (Å²) in [5.41, 5.74) is 0.674. The largest absolute Gasteiger partial charge is 0.480 e. The molecule has 1 aliphatic carbocycles. The van der Waals surface area contributed by atoms with Gasteiger partial charge in [-0.05, 0) is 37.0 Å². The number of aromatic nitrogens is 6. The molecule has 1 saturated carbocycles. The van der Waals surface area contributed by atoms with Crippen LogP contribution in [0.1, 0.15) is 30.1 Å². The number of hydrogen-bond donors (Lipinski definition) is 3. The molecule has 12 heteroatoms. The van der Waals surface area contributed by atoms with Crippen molar-refractivity contribution in [2.45, 2.75) is 25.8 Å². The van der Waals surface area contributed by atoms with Crippen molar-refractivity contribution in [2.75, 3.05) is 24.8 Å². The number of hydrogen-bond acceptors (Lipinski definition) is 9. The number of carbonyl (C=O) groups is 1. The smallest absolute Gasteiger partial charge is 0.280 e. The van der Waals surface area contributed by atoms with Crippen LogP contribution in [0.25, 0.3) is 11.5 Å². The first-order valence-corrected chi connectivity index (χ1v) is 11.2. The van der Waals surface area contributed by atoms with E-state index in [1.807, 2.05) is 0 Å². The summed E-state index contributed by atoms with van der Waals surface area (Å²) in [6, 6.07) is 8.49. The van der Waals surface area contributed by atoms with E-state index in [4.69, 9.17) is 4.74 Å². The van der Waals surface area contributed by atoms with Crippen molar-refractivity contribution < 1.29 is 9.53 Å². The number of amides is 1. The van der Waals surface area contributed by atoms with Gasteiger partial charge in [0.1, 0.15) is 22.9 Å². The molecular formula is C23H25N9O3. The predicted molar refractivity (Wildman–Crippen MR) is 130 cm³/mol. The van der Waals surface area contributed by atoms with Gasteiger partial charge in [0.05, 0.1) is 13.3 Å². The zero-order chi connectivity index (χ0) is 24.5. The average molecular weight is 476 g/mol. The Bertz CT molecular complexity index is 1440. The Morgan fingerprint density at radius 2 is 2.03 bits per heavy atom. The highest BCUT2D eigenvalue weighted by atomic mass is 16.5. The normalized spacial score (nSPS) is 17.0. The van der Waals surface area contributed by atoms with Crippen LogP contribution in [0, 0.1) is 5.92 Å². The Morgan fingerprint density at radius 3 is 2.71 bits per heavy atom. The van der Waals surface area contributed by atoms with Crippen LogP contribution in [0.3, 0.4) is 0 Å². The second-order valence-electron chi connectivity index (χ2n) is 8.47. The highest BCUT2D eigenvalue weighted by Gasteiger charge is 2.28. The first kappa shape index (κ1) is 22.3. The molecule has 0 unspecified atom stereocenters. The lowest BCUT2D eigenvalue weighted by molar-refractivity contribution is 0.0897. The van der Waals surface area contributed by atoms with Crippen molar-refractivity contribution in [1.82, 2.24) is 34.7 Å². The standard InChI is InChI=1S/C23H25N9O3/c1-13-9-14(10-13)26-22(33)15-12-25-32-19(24-2)11-17(28-21(15)32)27-16-5-4-8-31(23(16)34)18-6-7-20(35-3)30-29-18/h4-8,11-14,24H,9-10H2,1-3H3,(H,26,33)(H,27,28). The number of anilines is 3. The van der Waals surface area contributed by atoms with E-state index in [1.165, 1.54) is 17.9 Å². The van der Waals surface area contributed by atoms with Gasteiger partial charge in [-0.1, -0.05) is 6.92 Å². The number of rotatable bonds is 7. The van der Waals surface area contributed by atoms with Crippen LogP contribution in [0.15, 0.2) is 47.5 Å². The molecule has 12 nitrogen and oxygen atoms in total. The van der Waals surface area contributed by atoms with Crippen LogP contribution >= 0.6 is 0 Å². The minimum atomic E-state index is -0.342. The molecule has 3 N–H and O–H groups in total. The molecular weight excluding hydrogens is 450 g/mol. The van der Waals surface area contributed by atoms with Gasteiger partial charge in [0.15, 0.2) is 11.5 Å². The quantitative estimate of drug-likeness (QED) is 0.366. The number of nitrogens with one attached hydrogen (secondary N) is 3. The van der Waals surface area contributed by atoms with E-state index in [0.29, 0.717) is 40.5 Å². The molecule has 180 valence electrons. The average Bonchev–Trinajstić information content (AvgIpc) is 3.28. The van der Waals surface area contributed by atoms with Crippen molar-refractivity contribution in [3.05, 3.63) is 58.6 Å². The summed E-state index contributed by atoms with van der Waals surface area (Å²) in [6.07, 6.45) is 5.03. The minimum Gasteiger partial charge on any atom is -0.480 e. The van der Waals surface area contributed by atoms with Crippen LogP contribution in [-0.2, 0) is 0 Å². The van der Waals surface area contributed by atoms with Gasteiger partial charge >= 0.3 is 0 Å². The van der Waals surface area contributed by atoms with Crippen molar-refractivity contribution in [1.29, 1.82) is 0 Å². The molecule has 0 spiro atoms. The van der Waals surface area contributed by atoms with E-state index in [1.54, 1.807) is 48.1 Å². The van der Waals surface area contributed by atoms with Crippen molar-refractivity contribution in [3.63, 3.8) is 0 Å². The van der Waals surface area contributed by atoms with E-state index in [-0.39, 0.29) is 23.2 Å². The highest BCUT2D eigenvalue weighted by Crippen LogP contribution is 2.27. The molecule has 4 heterocycles. The van der Waals surface area contributed by atoms with Crippen molar-refractivity contribution in [2.24, 2.45) is 5.92 Å². The van der Waals surface area contributed by atoms with Crippen LogP contribution in [-0.4, -0.2) is 55.5 Å². The summed E-state index contributed by atoms with van der Waals surface area (Å²) in [6.45, 7) is 2.16. The van der Waals surface area contributed by atoms with E-state index in [0.717, 1.165) is 12.8 Å². The fourth-order valence-corrected chi connectivity index (χ4v) is 4.11. The van der Waals surface area contributed by atoms with Gasteiger partial charge in [-0.15, -0.1) is 10.2 Å². The topological polar surface area (TPSA) is 140 Å². The van der Waals surface area contributed by atoms with Crippen LogP contribution in [0.2, 0.25) is 0 Å². The van der Waals surface area contributed by atoms with Gasteiger partial charge in [-0.3, -0.25) is 14.2 Å². The first-order valence-electron chi connectivity index (χ1n) is 11.2. The molecule has 5 rings (SSSR count). The van der Waals surface area contributed by atoms with E-state index in [9.17, 15) is 9.59 Å². The van der Waals surface area contributed by atoms with Crippen LogP contribution in [0.5, 0.6) is 5.88 Å². The summed E-state index contributed by atoms with van der Waals surface area (Å²) >= 11 is 0. The lowest BCUT2D eigenvalue weighted by atomic mass is 9.82. The third kappa shape index (κ3) is 4.25. The predicted octanol–water partition coefficient (Wildman–Crippen LogP) is 1.99. The SMILES string of the molecule is CNc1cc(Nc2cccn(-c3ccc(OC)nn3)c2=O)nc2c(C(=O)NC3CC(C)C3)cnn12. The van der Waals surface area contributed by atoms with Crippen molar-refractivity contribution in [3.8, 4) is 11.7 Å². The number of methoxy groups -OCH3 is 1. The molecule has 4 aromatic rings. The van der Waals surface area contributed by atoms with Gasteiger partial charge in [-0.2, -0.15) is 9.61 Å². The Morgan fingerprint density at radius 1 is 1.20 bits per heavy atom. The van der Waals surface area contributed by atoms with Gasteiger partial charge < -0.3 is 20.7 Å². The number of carbonyl (C=O) groups excluding carboxylic acids is 1.